The van der Waals surface area contributed by atoms with E-state index in [0.717, 1.165) is 25.7 Å². The number of unbranched alkanes of at least 4 members (excludes halogenated alkanes) is 4. The van der Waals surface area contributed by atoms with E-state index >= 15 is 0 Å². The average Bonchev–Trinajstić information content (AvgIpc) is 1.94. The largest absolute Gasteiger partial charge is 0.232 e. The molecule has 0 aromatic carbocycles. The van der Waals surface area contributed by atoms with E-state index in [2.05, 4.69) is 0 Å². The van der Waals surface area contributed by atoms with Crippen molar-refractivity contribution in [1.29, 1.82) is 0 Å². The lowest BCUT2D eigenvalue weighted by atomic mass is 10.2. The second kappa shape index (κ2) is 6.98. The first kappa shape index (κ1) is 12.5. The maximum Gasteiger partial charge on any atom is 0.232 e. The molecule has 0 spiro atoms. The number of alkyl halides is 1. The zero-order valence-electron chi connectivity index (χ0n) is 6.93. The molecule has 74 valence electrons. The molecule has 0 amide bonds. The molecular weight excluding hydrogens is 219 g/mol. The van der Waals surface area contributed by atoms with Crippen molar-refractivity contribution in [3.63, 3.8) is 0 Å². The molecule has 0 heterocycles. The van der Waals surface area contributed by atoms with Gasteiger partial charge in [0.1, 0.15) is 0 Å². The van der Waals surface area contributed by atoms with E-state index in [0.29, 0.717) is 12.3 Å². The van der Waals surface area contributed by atoms with Gasteiger partial charge in [0.05, 0.1) is 5.75 Å². The smallest absolute Gasteiger partial charge is 0.212 e. The first-order valence-electron chi connectivity index (χ1n) is 4.04. The molecule has 0 radical (unpaired) electrons. The van der Waals surface area contributed by atoms with Gasteiger partial charge in [-0.3, -0.25) is 0 Å². The van der Waals surface area contributed by atoms with E-state index in [1.807, 2.05) is 0 Å². The van der Waals surface area contributed by atoms with Crippen LogP contribution in [-0.2, 0) is 9.05 Å². The molecule has 0 unspecified atom stereocenters. The second-order valence-electron chi connectivity index (χ2n) is 2.70. The Balaban J connectivity index is 3.12. The van der Waals surface area contributed by atoms with Crippen LogP contribution in [0.2, 0.25) is 0 Å². The van der Waals surface area contributed by atoms with Crippen LogP contribution in [-0.4, -0.2) is 20.1 Å². The number of hydrogen-bond donors (Lipinski definition) is 0. The van der Waals surface area contributed by atoms with Gasteiger partial charge in [0.2, 0.25) is 9.05 Å². The topological polar surface area (TPSA) is 34.1 Å². The first-order chi connectivity index (χ1) is 5.56. The third kappa shape index (κ3) is 10.5. The van der Waals surface area contributed by atoms with Crippen molar-refractivity contribution in [1.82, 2.24) is 0 Å². The molecule has 12 heavy (non-hydrogen) atoms. The fraction of sp³-hybridized carbons (Fsp3) is 1.00. The maximum atomic E-state index is 10.5. The van der Waals surface area contributed by atoms with E-state index in [1.165, 1.54) is 0 Å². The summed E-state index contributed by atoms with van der Waals surface area (Å²) in [4.78, 5) is 0. The van der Waals surface area contributed by atoms with Gasteiger partial charge in [0.25, 0.3) is 0 Å². The Labute approximate surface area is 83.7 Å². The van der Waals surface area contributed by atoms with Crippen LogP contribution in [0.5, 0.6) is 0 Å². The van der Waals surface area contributed by atoms with Gasteiger partial charge < -0.3 is 0 Å². The third-order valence-electron chi connectivity index (χ3n) is 1.52. The molecule has 0 saturated heterocycles. The van der Waals surface area contributed by atoms with Crippen LogP contribution in [0.25, 0.3) is 0 Å². The highest BCUT2D eigenvalue weighted by molar-refractivity contribution is 8.13. The summed E-state index contributed by atoms with van der Waals surface area (Å²) in [7, 11) is 1.75. The van der Waals surface area contributed by atoms with Gasteiger partial charge in [-0.15, -0.1) is 11.6 Å². The van der Waals surface area contributed by atoms with Crippen molar-refractivity contribution in [3.8, 4) is 0 Å². The molecule has 5 heteroatoms. The lowest BCUT2D eigenvalue weighted by molar-refractivity contribution is 0.599. The van der Waals surface area contributed by atoms with Crippen LogP contribution < -0.4 is 0 Å². The summed E-state index contributed by atoms with van der Waals surface area (Å²) < 4.78 is 20.9. The lowest BCUT2D eigenvalue weighted by Gasteiger charge is -1.97. The summed E-state index contributed by atoms with van der Waals surface area (Å²) >= 11 is 5.47. The first-order valence-corrected chi connectivity index (χ1v) is 7.06. The van der Waals surface area contributed by atoms with Crippen LogP contribution in [0.15, 0.2) is 0 Å². The average molecular weight is 233 g/mol. The third-order valence-corrected chi connectivity index (χ3v) is 3.03. The van der Waals surface area contributed by atoms with E-state index < -0.39 is 9.05 Å². The fourth-order valence-electron chi connectivity index (χ4n) is 0.899. The molecule has 0 bridgehead atoms. The van der Waals surface area contributed by atoms with Crippen molar-refractivity contribution in [3.05, 3.63) is 0 Å². The van der Waals surface area contributed by atoms with E-state index in [9.17, 15) is 8.42 Å². The standard InChI is InChI=1S/C7H14Cl2O2S/c8-6-4-2-1-3-5-7-12(9,10)11/h1-7H2. The Morgan fingerprint density at radius 3 is 1.92 bits per heavy atom. The van der Waals surface area contributed by atoms with Gasteiger partial charge in [-0.2, -0.15) is 0 Å². The lowest BCUT2D eigenvalue weighted by Crippen LogP contribution is -1.96. The normalized spacial score (nSPS) is 11.8. The summed E-state index contributed by atoms with van der Waals surface area (Å²) in [5.41, 5.74) is 0. The number of rotatable bonds is 7. The Kier molecular flexibility index (Phi) is 7.29. The Morgan fingerprint density at radius 1 is 0.917 bits per heavy atom. The molecular formula is C7H14Cl2O2S. The molecule has 0 rings (SSSR count). The van der Waals surface area contributed by atoms with Crippen molar-refractivity contribution in [2.75, 3.05) is 11.6 Å². The van der Waals surface area contributed by atoms with Crippen LogP contribution in [0.1, 0.15) is 32.1 Å². The van der Waals surface area contributed by atoms with E-state index in [1.54, 1.807) is 0 Å². The van der Waals surface area contributed by atoms with Gasteiger partial charge in [-0.25, -0.2) is 8.42 Å². The van der Waals surface area contributed by atoms with E-state index in [4.69, 9.17) is 22.3 Å². The molecule has 0 N–H and O–H groups in total. The zero-order valence-corrected chi connectivity index (χ0v) is 9.26. The molecule has 0 aliphatic carbocycles. The van der Waals surface area contributed by atoms with Gasteiger partial charge in [0, 0.05) is 16.6 Å². The predicted molar refractivity (Wildman–Crippen MR) is 53.4 cm³/mol. The van der Waals surface area contributed by atoms with Crippen molar-refractivity contribution in [2.45, 2.75) is 32.1 Å². The Hall–Kier alpha value is 0.530. The molecule has 0 atom stereocenters. The quantitative estimate of drug-likeness (QED) is 0.385. The van der Waals surface area contributed by atoms with Crippen LogP contribution >= 0.6 is 22.3 Å². The van der Waals surface area contributed by atoms with Gasteiger partial charge in [-0.05, 0) is 12.8 Å². The highest BCUT2D eigenvalue weighted by Crippen LogP contribution is 2.07. The summed E-state index contributed by atoms with van der Waals surface area (Å²) in [6.45, 7) is 0. The van der Waals surface area contributed by atoms with E-state index in [-0.39, 0.29) is 5.75 Å². The monoisotopic (exact) mass is 232 g/mol. The molecule has 0 aliphatic heterocycles. The predicted octanol–water partition coefficient (Wildman–Crippen LogP) is 2.74. The van der Waals surface area contributed by atoms with Gasteiger partial charge in [0.15, 0.2) is 0 Å². The van der Waals surface area contributed by atoms with Gasteiger partial charge >= 0.3 is 0 Å². The summed E-state index contributed by atoms with van der Waals surface area (Å²) in [6.07, 6.45) is 4.71. The summed E-state index contributed by atoms with van der Waals surface area (Å²) in [6, 6.07) is 0. The molecule has 0 aliphatic rings. The summed E-state index contributed by atoms with van der Waals surface area (Å²) in [5.74, 6) is 0.781. The Morgan fingerprint density at radius 2 is 1.42 bits per heavy atom. The molecule has 0 aromatic rings. The molecule has 0 aromatic heterocycles. The minimum atomic E-state index is -3.27. The van der Waals surface area contributed by atoms with Crippen molar-refractivity contribution >= 4 is 31.3 Å². The molecule has 0 saturated carbocycles. The Bertz CT molecular complexity index is 190. The minimum absolute atomic E-state index is 0.0927. The van der Waals surface area contributed by atoms with Crippen LogP contribution in [0, 0.1) is 0 Å². The second-order valence-corrected chi connectivity index (χ2v) is 5.97. The zero-order chi connectivity index (χ0) is 9.45. The minimum Gasteiger partial charge on any atom is -0.212 e. The summed E-state index contributed by atoms with van der Waals surface area (Å²) in [5, 5.41) is 0. The highest BCUT2D eigenvalue weighted by atomic mass is 35.7. The van der Waals surface area contributed by atoms with Crippen LogP contribution in [0.3, 0.4) is 0 Å². The number of halogens is 2. The van der Waals surface area contributed by atoms with Crippen molar-refractivity contribution < 1.29 is 8.42 Å². The van der Waals surface area contributed by atoms with Crippen LogP contribution in [0.4, 0.5) is 0 Å². The molecule has 2 nitrogen and oxygen atoms in total. The van der Waals surface area contributed by atoms with Gasteiger partial charge in [-0.1, -0.05) is 19.3 Å². The SMILES string of the molecule is O=S(=O)(Cl)CCCCCCCCl. The number of hydrogen-bond acceptors (Lipinski definition) is 2. The highest BCUT2D eigenvalue weighted by Gasteiger charge is 2.03. The fourth-order valence-corrected chi connectivity index (χ4v) is 1.96. The van der Waals surface area contributed by atoms with Crippen molar-refractivity contribution in [2.24, 2.45) is 0 Å². The molecule has 0 fully saturated rings. The maximum absolute atomic E-state index is 10.5.